The Kier molecular flexibility index (Phi) is 9.43. The average Bonchev–Trinajstić information content (AvgIpc) is 3.55. The molecule has 2 saturated heterocycles. The molecule has 1 amide bonds. The number of benzene rings is 1. The van der Waals surface area contributed by atoms with Crippen molar-refractivity contribution in [3.63, 3.8) is 0 Å². The number of sulfone groups is 1. The molecule has 196 valence electrons. The topological polar surface area (TPSA) is 113 Å². The van der Waals surface area contributed by atoms with Gasteiger partial charge in [0.05, 0.1) is 23.9 Å². The molecule has 10 nitrogen and oxygen atoms in total. The van der Waals surface area contributed by atoms with E-state index < -0.39 is 9.84 Å². The van der Waals surface area contributed by atoms with Crippen molar-refractivity contribution in [3.8, 4) is 0 Å². The van der Waals surface area contributed by atoms with E-state index in [-0.39, 0.29) is 22.3 Å². The maximum absolute atomic E-state index is 13.3. The van der Waals surface area contributed by atoms with Crippen LogP contribution in [0.3, 0.4) is 0 Å². The van der Waals surface area contributed by atoms with Crippen LogP contribution in [0.2, 0.25) is 0 Å². The van der Waals surface area contributed by atoms with Gasteiger partial charge in [0.2, 0.25) is 0 Å². The van der Waals surface area contributed by atoms with Gasteiger partial charge in [0.25, 0.3) is 5.91 Å². The van der Waals surface area contributed by atoms with E-state index in [1.54, 1.807) is 25.4 Å². The third-order valence-electron chi connectivity index (χ3n) is 6.04. The Balaban J connectivity index is 1.48. The molecule has 36 heavy (non-hydrogen) atoms. The minimum atomic E-state index is -3.43. The summed E-state index contributed by atoms with van der Waals surface area (Å²) in [6, 6.07) is 6.36. The number of nitrogens with one attached hydrogen (secondary N) is 1. The smallest absolute Gasteiger partial charge is 0.278 e. The summed E-state index contributed by atoms with van der Waals surface area (Å²) in [5.74, 6) is -0.364. The van der Waals surface area contributed by atoms with Crippen molar-refractivity contribution in [2.24, 2.45) is 5.10 Å². The summed E-state index contributed by atoms with van der Waals surface area (Å²) in [6.07, 6.45) is 4.26. The Morgan fingerprint density at radius 2 is 1.89 bits per heavy atom. The van der Waals surface area contributed by atoms with E-state index in [1.807, 2.05) is 5.01 Å². The molecule has 0 radical (unpaired) electrons. The van der Waals surface area contributed by atoms with Crippen LogP contribution in [-0.2, 0) is 30.7 Å². The molecule has 0 atom stereocenters. The highest BCUT2D eigenvalue weighted by Crippen LogP contribution is 2.22. The van der Waals surface area contributed by atoms with Gasteiger partial charge in [-0.15, -0.1) is 11.3 Å². The predicted octanol–water partition coefficient (Wildman–Crippen LogP) is 2.22. The molecular weight excluding hydrogens is 502 g/mol. The number of hydrogen-bond donors (Lipinski definition) is 1. The summed E-state index contributed by atoms with van der Waals surface area (Å²) in [6.45, 7) is 5.93. The third kappa shape index (κ3) is 7.32. The van der Waals surface area contributed by atoms with E-state index in [1.165, 1.54) is 23.5 Å². The maximum atomic E-state index is 13.3. The zero-order valence-electron chi connectivity index (χ0n) is 20.5. The van der Waals surface area contributed by atoms with Gasteiger partial charge in [0.15, 0.2) is 20.7 Å². The van der Waals surface area contributed by atoms with Crippen LogP contribution in [0, 0.1) is 0 Å². The second-order valence-corrected chi connectivity index (χ2v) is 12.0. The molecule has 0 spiro atoms. The van der Waals surface area contributed by atoms with Crippen molar-refractivity contribution in [3.05, 3.63) is 40.9 Å². The van der Waals surface area contributed by atoms with E-state index in [0.29, 0.717) is 23.7 Å². The minimum absolute atomic E-state index is 0.00618. The van der Waals surface area contributed by atoms with Gasteiger partial charge in [-0.3, -0.25) is 20.0 Å². The Labute approximate surface area is 216 Å². The first kappa shape index (κ1) is 26.7. The third-order valence-corrected chi connectivity index (χ3v) is 8.76. The second-order valence-electron chi connectivity index (χ2n) is 8.77. The van der Waals surface area contributed by atoms with Crippen LogP contribution in [0.4, 0.5) is 5.13 Å². The van der Waals surface area contributed by atoms with E-state index in [4.69, 9.17) is 9.47 Å². The number of hydrogen-bond acceptors (Lipinski definition) is 10. The molecule has 1 aromatic carbocycles. The van der Waals surface area contributed by atoms with Crippen molar-refractivity contribution < 1.29 is 22.7 Å². The lowest BCUT2D eigenvalue weighted by molar-refractivity contribution is -0.110. The zero-order valence-corrected chi connectivity index (χ0v) is 22.2. The van der Waals surface area contributed by atoms with Crippen molar-refractivity contribution >= 4 is 37.9 Å². The number of carbonyl (C=O) groups is 1. The molecule has 1 aromatic heterocycles. The lowest BCUT2D eigenvalue weighted by Crippen LogP contribution is -2.35. The lowest BCUT2D eigenvalue weighted by atomic mass is 10.1. The van der Waals surface area contributed by atoms with Gasteiger partial charge in [-0.05, 0) is 31.4 Å². The van der Waals surface area contributed by atoms with Gasteiger partial charge in [0.1, 0.15) is 0 Å². The van der Waals surface area contributed by atoms with Crippen LogP contribution in [0.5, 0.6) is 0 Å². The molecule has 0 saturated carbocycles. The standard InChI is InChI=1S/C24H33N5O5S2/c1-33-13-4-16-36(31,32)21-7-5-19(6-8-21)22(27-29-9-2-3-10-29)23(30)26-24-25-17-20(35-24)18-28-11-14-34-15-12-28/h5-8,17H,2-4,9-16,18H2,1H3,(H,25,26,30)/b27-22+. The van der Waals surface area contributed by atoms with Crippen LogP contribution in [0.1, 0.15) is 29.7 Å². The minimum Gasteiger partial charge on any atom is -0.385 e. The van der Waals surface area contributed by atoms with Crippen LogP contribution in [0.25, 0.3) is 0 Å². The molecule has 0 bridgehead atoms. The number of hydrazone groups is 1. The normalized spacial score (nSPS) is 17.5. The monoisotopic (exact) mass is 535 g/mol. The number of ether oxygens (including phenoxy) is 2. The fraction of sp³-hybridized carbons (Fsp3) is 0.542. The van der Waals surface area contributed by atoms with Gasteiger partial charge >= 0.3 is 0 Å². The summed E-state index contributed by atoms with van der Waals surface area (Å²) < 4.78 is 35.6. The van der Waals surface area contributed by atoms with Crippen LogP contribution in [-0.4, -0.2) is 93.8 Å². The highest BCUT2D eigenvalue weighted by atomic mass is 32.2. The summed E-state index contributed by atoms with van der Waals surface area (Å²) >= 11 is 1.44. The van der Waals surface area contributed by atoms with Gasteiger partial charge < -0.3 is 9.47 Å². The Morgan fingerprint density at radius 3 is 2.58 bits per heavy atom. The Morgan fingerprint density at radius 1 is 1.17 bits per heavy atom. The van der Waals surface area contributed by atoms with E-state index >= 15 is 0 Å². The number of anilines is 1. The molecular formula is C24H33N5O5S2. The fourth-order valence-electron chi connectivity index (χ4n) is 4.08. The zero-order chi connectivity index (χ0) is 25.4. The van der Waals surface area contributed by atoms with Crippen LogP contribution >= 0.6 is 11.3 Å². The van der Waals surface area contributed by atoms with Gasteiger partial charge in [-0.1, -0.05) is 12.1 Å². The molecule has 3 heterocycles. The molecule has 2 aliphatic rings. The van der Waals surface area contributed by atoms with Crippen LogP contribution < -0.4 is 5.32 Å². The molecule has 0 unspecified atom stereocenters. The maximum Gasteiger partial charge on any atom is 0.278 e. The lowest BCUT2D eigenvalue weighted by Gasteiger charge is -2.25. The molecule has 12 heteroatoms. The van der Waals surface area contributed by atoms with Crippen molar-refractivity contribution in [2.45, 2.75) is 30.7 Å². The number of rotatable bonds is 11. The first-order chi connectivity index (χ1) is 17.4. The highest BCUT2D eigenvalue weighted by Gasteiger charge is 2.21. The molecule has 2 aliphatic heterocycles. The molecule has 2 fully saturated rings. The van der Waals surface area contributed by atoms with Gasteiger partial charge in [0, 0.05) is 63.1 Å². The number of carbonyl (C=O) groups excluding carboxylic acids is 1. The number of nitrogens with zero attached hydrogens (tertiary/aromatic N) is 4. The average molecular weight is 536 g/mol. The predicted molar refractivity (Wildman–Crippen MR) is 139 cm³/mol. The van der Waals surface area contributed by atoms with Crippen molar-refractivity contribution in [2.75, 3.05) is 64.2 Å². The largest absolute Gasteiger partial charge is 0.385 e. The summed E-state index contributed by atoms with van der Waals surface area (Å²) in [7, 11) is -1.88. The summed E-state index contributed by atoms with van der Waals surface area (Å²) in [5.41, 5.74) is 0.797. The van der Waals surface area contributed by atoms with E-state index in [9.17, 15) is 13.2 Å². The second kappa shape index (κ2) is 12.7. The van der Waals surface area contributed by atoms with Crippen molar-refractivity contribution in [1.82, 2.24) is 14.9 Å². The van der Waals surface area contributed by atoms with E-state index in [2.05, 4.69) is 20.3 Å². The van der Waals surface area contributed by atoms with Crippen LogP contribution in [0.15, 0.2) is 40.5 Å². The molecule has 4 rings (SSSR count). The van der Waals surface area contributed by atoms with Gasteiger partial charge in [-0.2, -0.15) is 5.10 Å². The number of amides is 1. The van der Waals surface area contributed by atoms with Crippen molar-refractivity contribution in [1.29, 1.82) is 0 Å². The SMILES string of the molecule is COCCCS(=O)(=O)c1ccc(/C(=N\N2CCCC2)C(=O)Nc2ncc(CN3CCOCC3)s2)cc1. The number of aromatic nitrogens is 1. The first-order valence-electron chi connectivity index (χ1n) is 12.2. The molecule has 1 N–H and O–H groups in total. The quantitative estimate of drug-likeness (QED) is 0.344. The number of thiazole rings is 1. The summed E-state index contributed by atoms with van der Waals surface area (Å²) in [5, 5.41) is 9.90. The number of methoxy groups -OCH3 is 1. The summed E-state index contributed by atoms with van der Waals surface area (Å²) in [4.78, 5) is 21.3. The Hall–Kier alpha value is -2.38. The highest BCUT2D eigenvalue weighted by molar-refractivity contribution is 7.91. The first-order valence-corrected chi connectivity index (χ1v) is 14.6. The van der Waals surface area contributed by atoms with Gasteiger partial charge in [-0.25, -0.2) is 13.4 Å². The van der Waals surface area contributed by atoms with E-state index in [0.717, 1.165) is 63.7 Å². The Bertz CT molecular complexity index is 1140. The number of morpholine rings is 1. The fourth-order valence-corrected chi connectivity index (χ4v) is 6.22. The molecule has 0 aliphatic carbocycles. The molecule has 2 aromatic rings.